The third kappa shape index (κ3) is 1.54. The molecule has 3 heteroatoms. The van der Waals surface area contributed by atoms with Gasteiger partial charge in [0, 0.05) is 11.6 Å². The van der Waals surface area contributed by atoms with Gasteiger partial charge < -0.3 is 15.2 Å². The van der Waals surface area contributed by atoms with Crippen LogP contribution >= 0.6 is 0 Å². The highest BCUT2D eigenvalue weighted by Crippen LogP contribution is 2.44. The molecule has 3 nitrogen and oxygen atoms in total. The van der Waals surface area contributed by atoms with E-state index in [0.29, 0.717) is 0 Å². The van der Waals surface area contributed by atoms with Crippen molar-refractivity contribution in [2.24, 2.45) is 5.92 Å². The molecule has 0 aromatic heterocycles. The van der Waals surface area contributed by atoms with Gasteiger partial charge in [0.25, 0.3) is 0 Å². The molecule has 0 saturated heterocycles. The lowest BCUT2D eigenvalue weighted by atomic mass is 9.79. The van der Waals surface area contributed by atoms with Gasteiger partial charge in [0.2, 0.25) is 0 Å². The number of carboxylic acid groups (broad SMARTS) is 1. The van der Waals surface area contributed by atoms with Gasteiger partial charge in [0.05, 0.1) is 12.0 Å². The number of allylic oxidation sites excluding steroid dienone is 2. The summed E-state index contributed by atoms with van der Waals surface area (Å²) in [4.78, 5) is 11.2. The van der Waals surface area contributed by atoms with Gasteiger partial charge in [0.1, 0.15) is 0 Å². The summed E-state index contributed by atoms with van der Waals surface area (Å²) < 4.78 is 0. The van der Waals surface area contributed by atoms with Crippen LogP contribution in [0.1, 0.15) is 23.5 Å². The first-order valence-electron chi connectivity index (χ1n) is 5.91. The normalized spacial score (nSPS) is 29.4. The number of rotatable bonds is 1. The van der Waals surface area contributed by atoms with E-state index in [0.717, 1.165) is 12.1 Å². The van der Waals surface area contributed by atoms with Crippen LogP contribution in [0.15, 0.2) is 30.4 Å². The second-order valence-corrected chi connectivity index (χ2v) is 4.89. The minimum absolute atomic E-state index is 0.0919. The lowest BCUT2D eigenvalue weighted by Crippen LogP contribution is -2.48. The number of nitrogens with one attached hydrogen (secondary N) is 1. The van der Waals surface area contributed by atoms with Crippen molar-refractivity contribution in [3.05, 3.63) is 41.5 Å². The van der Waals surface area contributed by atoms with Gasteiger partial charge in [-0.3, -0.25) is 0 Å². The van der Waals surface area contributed by atoms with Gasteiger partial charge in [0.15, 0.2) is 0 Å². The predicted molar refractivity (Wildman–Crippen MR) is 63.6 cm³/mol. The van der Waals surface area contributed by atoms with E-state index in [1.807, 2.05) is 12.1 Å². The average molecular weight is 228 g/mol. The van der Waals surface area contributed by atoms with Crippen LogP contribution in [0.5, 0.6) is 0 Å². The van der Waals surface area contributed by atoms with Crippen molar-refractivity contribution in [1.29, 1.82) is 0 Å². The Labute approximate surface area is 100 Å². The fourth-order valence-corrected chi connectivity index (χ4v) is 2.95. The standard InChI is InChI=1S/C14H15NO2/c1-8-5-6-12-11(7-8)9-3-2-4-10(9)13(15-12)14(16)17/h2-3,5-7,9-10,13,15H,4H2,1H3,(H,16,17)/p-1. The number of carbonyl (C=O) groups is 1. The van der Waals surface area contributed by atoms with Crippen LogP contribution in [0.3, 0.4) is 0 Å². The van der Waals surface area contributed by atoms with Crippen molar-refractivity contribution in [2.45, 2.75) is 25.3 Å². The van der Waals surface area contributed by atoms with Crippen molar-refractivity contribution < 1.29 is 9.90 Å². The summed E-state index contributed by atoms with van der Waals surface area (Å²) in [5.41, 5.74) is 3.34. The highest BCUT2D eigenvalue weighted by Gasteiger charge is 2.37. The Morgan fingerprint density at radius 2 is 2.29 bits per heavy atom. The Morgan fingerprint density at radius 3 is 3.06 bits per heavy atom. The molecule has 1 N–H and O–H groups in total. The molecule has 0 amide bonds. The first-order chi connectivity index (χ1) is 8.16. The fraction of sp³-hybridized carbons (Fsp3) is 0.357. The van der Waals surface area contributed by atoms with E-state index in [4.69, 9.17) is 0 Å². The molecule has 88 valence electrons. The number of fused-ring (bicyclic) bond motifs is 3. The maximum absolute atomic E-state index is 11.2. The fourth-order valence-electron chi connectivity index (χ4n) is 2.95. The molecule has 0 bridgehead atoms. The second kappa shape index (κ2) is 3.62. The van der Waals surface area contributed by atoms with Gasteiger partial charge >= 0.3 is 0 Å². The number of hydrogen-bond donors (Lipinski definition) is 1. The number of aryl methyl sites for hydroxylation is 1. The SMILES string of the molecule is Cc1ccc2c(c1)C1C=CCC1C(C(=O)[O-])N2. The van der Waals surface area contributed by atoms with Crippen LogP contribution in [-0.4, -0.2) is 12.0 Å². The van der Waals surface area contributed by atoms with Crippen molar-refractivity contribution >= 4 is 11.7 Å². The molecule has 0 spiro atoms. The molecule has 3 atom stereocenters. The second-order valence-electron chi connectivity index (χ2n) is 4.89. The highest BCUT2D eigenvalue weighted by atomic mass is 16.4. The number of aliphatic carboxylic acids is 1. The lowest BCUT2D eigenvalue weighted by molar-refractivity contribution is -0.308. The van der Waals surface area contributed by atoms with Crippen LogP contribution in [0.25, 0.3) is 0 Å². The zero-order chi connectivity index (χ0) is 12.0. The minimum Gasteiger partial charge on any atom is -0.548 e. The van der Waals surface area contributed by atoms with E-state index in [2.05, 4.69) is 30.5 Å². The summed E-state index contributed by atoms with van der Waals surface area (Å²) in [6.45, 7) is 2.05. The van der Waals surface area contributed by atoms with Crippen LogP contribution in [0, 0.1) is 12.8 Å². The van der Waals surface area contributed by atoms with Crippen molar-refractivity contribution in [3.63, 3.8) is 0 Å². The maximum atomic E-state index is 11.2. The van der Waals surface area contributed by atoms with Crippen LogP contribution in [0.2, 0.25) is 0 Å². The van der Waals surface area contributed by atoms with E-state index < -0.39 is 12.0 Å². The van der Waals surface area contributed by atoms with Gasteiger partial charge in [-0.05, 0) is 30.9 Å². The van der Waals surface area contributed by atoms with Gasteiger partial charge in [-0.15, -0.1) is 0 Å². The van der Waals surface area contributed by atoms with E-state index >= 15 is 0 Å². The molecule has 1 heterocycles. The first kappa shape index (κ1) is 10.4. The summed E-state index contributed by atoms with van der Waals surface area (Å²) >= 11 is 0. The minimum atomic E-state index is -1.00. The molecule has 17 heavy (non-hydrogen) atoms. The molecule has 1 aromatic carbocycles. The van der Waals surface area contributed by atoms with E-state index in [1.165, 1.54) is 11.1 Å². The van der Waals surface area contributed by atoms with Crippen LogP contribution in [0.4, 0.5) is 5.69 Å². The molecular weight excluding hydrogens is 214 g/mol. The summed E-state index contributed by atoms with van der Waals surface area (Å²) in [6.07, 6.45) is 5.01. The lowest BCUT2D eigenvalue weighted by Gasteiger charge is -2.37. The number of anilines is 1. The molecule has 2 aliphatic rings. The summed E-state index contributed by atoms with van der Waals surface area (Å²) in [6, 6.07) is 5.52. The van der Waals surface area contributed by atoms with Gasteiger partial charge in [-0.2, -0.15) is 0 Å². The summed E-state index contributed by atoms with van der Waals surface area (Å²) in [7, 11) is 0. The quantitative estimate of drug-likeness (QED) is 0.735. The third-order valence-corrected chi connectivity index (χ3v) is 3.77. The predicted octanol–water partition coefficient (Wildman–Crippen LogP) is 1.20. The Kier molecular flexibility index (Phi) is 2.21. The molecule has 0 fully saturated rings. The Hall–Kier alpha value is -1.77. The van der Waals surface area contributed by atoms with Crippen LogP contribution < -0.4 is 10.4 Å². The van der Waals surface area contributed by atoms with E-state index in [1.54, 1.807) is 0 Å². The molecule has 3 unspecified atom stereocenters. The van der Waals surface area contributed by atoms with Gasteiger partial charge in [-0.25, -0.2) is 0 Å². The molecule has 3 rings (SSSR count). The monoisotopic (exact) mass is 228 g/mol. The number of benzene rings is 1. The third-order valence-electron chi connectivity index (χ3n) is 3.77. The Balaban J connectivity index is 2.09. The molecule has 1 aliphatic heterocycles. The zero-order valence-corrected chi connectivity index (χ0v) is 9.64. The van der Waals surface area contributed by atoms with Crippen molar-refractivity contribution in [2.75, 3.05) is 5.32 Å². The highest BCUT2D eigenvalue weighted by molar-refractivity contribution is 5.79. The summed E-state index contributed by atoms with van der Waals surface area (Å²) in [5, 5.41) is 14.3. The van der Waals surface area contributed by atoms with Crippen molar-refractivity contribution in [3.8, 4) is 0 Å². The maximum Gasteiger partial charge on any atom is 0.0698 e. The largest absolute Gasteiger partial charge is 0.548 e. The molecular formula is C14H14NO2-. The number of carboxylic acids is 1. The Morgan fingerprint density at radius 1 is 1.47 bits per heavy atom. The molecule has 0 radical (unpaired) electrons. The first-order valence-corrected chi connectivity index (χ1v) is 5.91. The molecule has 1 aromatic rings. The summed E-state index contributed by atoms with van der Waals surface area (Å²) in [5.74, 6) is -0.696. The van der Waals surface area contributed by atoms with E-state index in [-0.39, 0.29) is 11.8 Å². The van der Waals surface area contributed by atoms with Gasteiger partial charge in [-0.1, -0.05) is 29.8 Å². The topological polar surface area (TPSA) is 52.2 Å². The zero-order valence-electron chi connectivity index (χ0n) is 9.64. The number of carbonyl (C=O) groups excluding carboxylic acids is 1. The smallest absolute Gasteiger partial charge is 0.0698 e. The Bertz CT molecular complexity index is 507. The van der Waals surface area contributed by atoms with Crippen molar-refractivity contribution in [1.82, 2.24) is 0 Å². The van der Waals surface area contributed by atoms with E-state index in [9.17, 15) is 9.90 Å². The molecule has 1 aliphatic carbocycles. The molecule has 0 saturated carbocycles. The number of hydrogen-bond acceptors (Lipinski definition) is 3. The van der Waals surface area contributed by atoms with Crippen LogP contribution in [-0.2, 0) is 4.79 Å². The average Bonchev–Trinajstić information content (AvgIpc) is 2.76.